The van der Waals surface area contributed by atoms with Crippen LogP contribution in [0.4, 0.5) is 0 Å². The lowest BCUT2D eigenvalue weighted by molar-refractivity contribution is 0.706. The van der Waals surface area contributed by atoms with Crippen molar-refractivity contribution in [3.05, 3.63) is 52.1 Å². The summed E-state index contributed by atoms with van der Waals surface area (Å²) in [6.07, 6.45) is 7.92. The van der Waals surface area contributed by atoms with E-state index >= 15 is 0 Å². The molecule has 1 unspecified atom stereocenters. The van der Waals surface area contributed by atoms with Gasteiger partial charge in [-0.25, -0.2) is 0 Å². The molecule has 0 radical (unpaired) electrons. The Kier molecular flexibility index (Phi) is 5.63. The third-order valence-corrected chi connectivity index (χ3v) is 6.81. The molecule has 1 aromatic carbocycles. The molecule has 0 saturated carbocycles. The minimum Gasteiger partial charge on any atom is -0.0771 e. The van der Waals surface area contributed by atoms with Gasteiger partial charge in [0, 0.05) is 0 Å². The smallest absolute Gasteiger partial charge is 0.0667 e. The molecular weight excluding hydrogens is 268 g/mol. The summed E-state index contributed by atoms with van der Waals surface area (Å²) < 4.78 is 0. The largest absolute Gasteiger partial charge is 0.0771 e. The number of unbranched alkanes of at least 4 members (excludes halogenated alkanes) is 2. The summed E-state index contributed by atoms with van der Waals surface area (Å²) in [4.78, 5) is 0. The average Bonchev–Trinajstić information content (AvgIpc) is 2.65. The Labute approximate surface area is 133 Å². The third-order valence-electron chi connectivity index (χ3n) is 4.76. The van der Waals surface area contributed by atoms with Gasteiger partial charge in [0.15, 0.2) is 0 Å². The van der Waals surface area contributed by atoms with E-state index in [1.165, 1.54) is 42.4 Å². The molecule has 1 aromatic rings. The first-order chi connectivity index (χ1) is 10.0. The number of allylic oxidation sites excluding steroid dienone is 4. The van der Waals surface area contributed by atoms with Gasteiger partial charge in [0.25, 0.3) is 0 Å². The summed E-state index contributed by atoms with van der Waals surface area (Å²) in [5.74, 6) is 0. The predicted molar refractivity (Wildman–Crippen MR) is 98.4 cm³/mol. The maximum absolute atomic E-state index is 2.56. The Morgan fingerprint density at radius 2 is 1.62 bits per heavy atom. The summed E-state index contributed by atoms with van der Waals surface area (Å²) in [5.41, 5.74) is 8.49. The molecule has 1 heteroatoms. The van der Waals surface area contributed by atoms with E-state index in [4.69, 9.17) is 0 Å². The van der Waals surface area contributed by atoms with Gasteiger partial charge in [-0.1, -0.05) is 71.5 Å². The van der Waals surface area contributed by atoms with Crippen LogP contribution >= 0.6 is 0 Å². The van der Waals surface area contributed by atoms with E-state index in [2.05, 4.69) is 58.9 Å². The van der Waals surface area contributed by atoms with Crippen LogP contribution in [0.15, 0.2) is 41.0 Å². The fourth-order valence-electron chi connectivity index (χ4n) is 3.62. The minimum absolute atomic E-state index is 0.257. The van der Waals surface area contributed by atoms with Crippen LogP contribution in [0.5, 0.6) is 0 Å². The molecule has 114 valence electrons. The molecule has 1 aliphatic carbocycles. The highest BCUT2D eigenvalue weighted by Crippen LogP contribution is 2.37. The Bertz CT molecular complexity index is 543. The van der Waals surface area contributed by atoms with E-state index in [-0.39, 0.29) is 9.52 Å². The molecule has 0 bridgehead atoms. The van der Waals surface area contributed by atoms with Crippen molar-refractivity contribution in [3.63, 3.8) is 0 Å². The molecule has 0 saturated heterocycles. The van der Waals surface area contributed by atoms with Gasteiger partial charge in [0.1, 0.15) is 0 Å². The highest BCUT2D eigenvalue weighted by atomic mass is 28.2. The second-order valence-electron chi connectivity index (χ2n) is 6.76. The maximum Gasteiger partial charge on any atom is 0.0667 e. The van der Waals surface area contributed by atoms with Crippen LogP contribution in [0.3, 0.4) is 0 Å². The summed E-state index contributed by atoms with van der Waals surface area (Å²) in [7, 11) is -0.257. The summed E-state index contributed by atoms with van der Waals surface area (Å²) in [6, 6.07) is 7.12. The van der Waals surface area contributed by atoms with Crippen molar-refractivity contribution in [3.8, 4) is 0 Å². The summed E-state index contributed by atoms with van der Waals surface area (Å²) >= 11 is 0. The first-order valence-electron chi connectivity index (χ1n) is 8.47. The first kappa shape index (κ1) is 16.3. The lowest BCUT2D eigenvalue weighted by Gasteiger charge is -2.15. The third kappa shape index (κ3) is 4.20. The molecule has 1 atom stereocenters. The quantitative estimate of drug-likeness (QED) is 0.525. The second kappa shape index (κ2) is 7.26. The molecule has 0 amide bonds. The van der Waals surface area contributed by atoms with Crippen molar-refractivity contribution < 1.29 is 0 Å². The first-order valence-corrected chi connectivity index (χ1v) is 9.99. The molecule has 0 aromatic heterocycles. The molecule has 0 nitrogen and oxygen atoms in total. The van der Waals surface area contributed by atoms with E-state index in [0.29, 0.717) is 0 Å². The predicted octanol–water partition coefficient (Wildman–Crippen LogP) is 4.74. The number of rotatable bonds is 6. The fraction of sp³-hybridized carbons (Fsp3) is 0.500. The van der Waals surface area contributed by atoms with Gasteiger partial charge in [-0.05, 0) is 51.7 Å². The van der Waals surface area contributed by atoms with Crippen LogP contribution in [0.1, 0.15) is 57.6 Å². The van der Waals surface area contributed by atoms with Crippen molar-refractivity contribution in [1.29, 1.82) is 0 Å². The highest BCUT2D eigenvalue weighted by molar-refractivity contribution is 6.56. The van der Waals surface area contributed by atoms with E-state index in [1.54, 1.807) is 16.3 Å². The van der Waals surface area contributed by atoms with E-state index in [0.717, 1.165) is 5.54 Å². The SMILES string of the molecule is CCCCCC1=C(C)C(C)=CC1[SiH2]c1cc(C)cc(C)c1. The standard InChI is InChI=1S/C20H30Si/c1-6-7-8-9-19-17(5)16(4)13-20(19)21-18-11-14(2)10-15(3)12-18/h10-13,20H,6-9,21H2,1-5H3. The Balaban J connectivity index is 2.14. The van der Waals surface area contributed by atoms with E-state index in [9.17, 15) is 0 Å². The van der Waals surface area contributed by atoms with Crippen molar-refractivity contribution in [2.75, 3.05) is 0 Å². The minimum atomic E-state index is -0.257. The van der Waals surface area contributed by atoms with Crippen molar-refractivity contribution >= 4 is 14.7 Å². The summed E-state index contributed by atoms with van der Waals surface area (Å²) in [5, 5.41) is 1.63. The lowest BCUT2D eigenvalue weighted by atomic mass is 10.0. The van der Waals surface area contributed by atoms with Crippen molar-refractivity contribution in [2.24, 2.45) is 0 Å². The zero-order chi connectivity index (χ0) is 15.4. The normalized spacial score (nSPS) is 18.9. The van der Waals surface area contributed by atoms with Gasteiger partial charge >= 0.3 is 0 Å². The van der Waals surface area contributed by atoms with Crippen LogP contribution in [0.25, 0.3) is 0 Å². The molecule has 0 aliphatic heterocycles. The lowest BCUT2D eigenvalue weighted by Crippen LogP contribution is -2.20. The molecule has 0 fully saturated rings. The van der Waals surface area contributed by atoms with Gasteiger partial charge in [-0.3, -0.25) is 0 Å². The number of hydrogen-bond donors (Lipinski definition) is 0. The van der Waals surface area contributed by atoms with E-state index < -0.39 is 0 Å². The topological polar surface area (TPSA) is 0 Å². The van der Waals surface area contributed by atoms with Crippen molar-refractivity contribution in [2.45, 2.75) is 65.8 Å². The maximum atomic E-state index is 2.56. The molecular formula is C20H30Si. The van der Waals surface area contributed by atoms with Crippen LogP contribution in [0, 0.1) is 13.8 Å². The zero-order valence-corrected chi connectivity index (χ0v) is 15.8. The average molecular weight is 299 g/mol. The molecule has 2 rings (SSSR count). The number of hydrogen-bond acceptors (Lipinski definition) is 0. The fourth-order valence-corrected chi connectivity index (χ4v) is 6.24. The Morgan fingerprint density at radius 1 is 0.952 bits per heavy atom. The second-order valence-corrected chi connectivity index (χ2v) is 8.87. The van der Waals surface area contributed by atoms with Crippen LogP contribution < -0.4 is 5.19 Å². The summed E-state index contributed by atoms with van der Waals surface area (Å²) in [6.45, 7) is 11.4. The highest BCUT2D eigenvalue weighted by Gasteiger charge is 2.22. The van der Waals surface area contributed by atoms with Crippen LogP contribution in [-0.4, -0.2) is 9.52 Å². The van der Waals surface area contributed by atoms with Gasteiger partial charge in [0.05, 0.1) is 9.52 Å². The Morgan fingerprint density at radius 3 is 2.24 bits per heavy atom. The zero-order valence-electron chi connectivity index (χ0n) is 14.4. The Hall–Kier alpha value is -1.08. The van der Waals surface area contributed by atoms with Crippen LogP contribution in [-0.2, 0) is 0 Å². The number of benzene rings is 1. The molecule has 21 heavy (non-hydrogen) atoms. The van der Waals surface area contributed by atoms with Gasteiger partial charge in [0.2, 0.25) is 0 Å². The van der Waals surface area contributed by atoms with Crippen LogP contribution in [0.2, 0.25) is 5.54 Å². The molecule has 0 N–H and O–H groups in total. The number of aryl methyl sites for hydroxylation is 2. The van der Waals surface area contributed by atoms with Gasteiger partial charge in [-0.2, -0.15) is 0 Å². The molecule has 0 spiro atoms. The molecule has 0 heterocycles. The van der Waals surface area contributed by atoms with Gasteiger partial charge in [-0.15, -0.1) is 0 Å². The van der Waals surface area contributed by atoms with E-state index in [1.807, 2.05) is 0 Å². The monoisotopic (exact) mass is 298 g/mol. The molecule has 1 aliphatic rings. The van der Waals surface area contributed by atoms with Crippen molar-refractivity contribution in [1.82, 2.24) is 0 Å². The van der Waals surface area contributed by atoms with Gasteiger partial charge < -0.3 is 0 Å².